The van der Waals surface area contributed by atoms with E-state index in [4.69, 9.17) is 9.98 Å². The molecule has 0 aromatic heterocycles. The highest BCUT2D eigenvalue weighted by molar-refractivity contribution is 6.14. The number of benzene rings is 6. The molecule has 3 heteroatoms. The van der Waals surface area contributed by atoms with Crippen LogP contribution in [0.4, 0.5) is 0 Å². The predicted molar refractivity (Wildman–Crippen MR) is 181 cm³/mol. The lowest BCUT2D eigenvalue weighted by Crippen LogP contribution is -2.42. The van der Waals surface area contributed by atoms with Crippen molar-refractivity contribution in [3.05, 3.63) is 161 Å². The first-order valence-corrected chi connectivity index (χ1v) is 15.0. The first-order valence-electron chi connectivity index (χ1n) is 15.0. The molecule has 1 aliphatic heterocycles. The van der Waals surface area contributed by atoms with Gasteiger partial charge in [-0.05, 0) is 74.3 Å². The van der Waals surface area contributed by atoms with Gasteiger partial charge in [-0.25, -0.2) is 9.98 Å². The molecule has 1 atom stereocenters. The number of amidine groups is 2. The Morgan fingerprint density at radius 1 is 0.558 bits per heavy atom. The quantitative estimate of drug-likeness (QED) is 0.214. The normalized spacial score (nSPS) is 16.4. The summed E-state index contributed by atoms with van der Waals surface area (Å²) in [5.74, 6) is 1.72. The summed E-state index contributed by atoms with van der Waals surface area (Å²) in [5.41, 5.74) is 8.55. The molecule has 3 nitrogen and oxygen atoms in total. The highest BCUT2D eigenvalue weighted by atomic mass is 15.3. The van der Waals surface area contributed by atoms with Crippen LogP contribution in [-0.4, -0.2) is 29.8 Å². The Bertz CT molecular complexity index is 2100. The van der Waals surface area contributed by atoms with E-state index >= 15 is 0 Å². The molecule has 6 aromatic rings. The minimum Gasteiger partial charge on any atom is -0.333 e. The summed E-state index contributed by atoms with van der Waals surface area (Å²) in [5, 5.41) is 4.92. The van der Waals surface area contributed by atoms with Gasteiger partial charge in [0.2, 0.25) is 0 Å². The Hall–Kier alpha value is -5.28. The van der Waals surface area contributed by atoms with Crippen molar-refractivity contribution in [2.45, 2.75) is 19.0 Å². The number of hydrogen-bond donors (Lipinski definition) is 0. The number of aryl methyl sites for hydroxylation is 1. The zero-order valence-electron chi connectivity index (χ0n) is 24.1. The second kappa shape index (κ2) is 10.5. The average molecular weight is 554 g/mol. The summed E-state index contributed by atoms with van der Waals surface area (Å²) in [7, 11) is 2.13. The van der Waals surface area contributed by atoms with Gasteiger partial charge < -0.3 is 4.90 Å². The largest absolute Gasteiger partial charge is 0.333 e. The second-order valence-electron chi connectivity index (χ2n) is 11.5. The van der Waals surface area contributed by atoms with E-state index < -0.39 is 0 Å². The number of rotatable bonds is 4. The Labute approximate surface area is 252 Å². The molecule has 2 aliphatic rings. The lowest BCUT2D eigenvalue weighted by Gasteiger charge is -2.35. The molecule has 0 radical (unpaired) electrons. The number of nitrogens with zero attached hydrogens (tertiary/aromatic N) is 3. The van der Waals surface area contributed by atoms with Crippen LogP contribution >= 0.6 is 0 Å². The highest BCUT2D eigenvalue weighted by Crippen LogP contribution is 2.32. The topological polar surface area (TPSA) is 28.0 Å². The van der Waals surface area contributed by atoms with Crippen molar-refractivity contribution in [2.75, 3.05) is 7.05 Å². The molecule has 0 bridgehead atoms. The molecular formula is C40H31N3. The summed E-state index contributed by atoms with van der Waals surface area (Å²) in [6, 6.07) is 47.7. The second-order valence-corrected chi connectivity index (χ2v) is 11.5. The minimum absolute atomic E-state index is 0.123. The maximum absolute atomic E-state index is 5.29. The molecule has 0 unspecified atom stereocenters. The third-order valence-corrected chi connectivity index (χ3v) is 8.80. The van der Waals surface area contributed by atoms with Crippen LogP contribution in [0.3, 0.4) is 0 Å². The van der Waals surface area contributed by atoms with E-state index in [1.165, 1.54) is 49.4 Å². The smallest absolute Gasteiger partial charge is 0.159 e. The number of hydrogen-bond acceptors (Lipinski definition) is 3. The number of likely N-dealkylation sites (N-methyl/N-ethyl adjacent to an activating group) is 1. The van der Waals surface area contributed by atoms with E-state index in [0.717, 1.165) is 35.6 Å². The van der Waals surface area contributed by atoms with Gasteiger partial charge in [0.05, 0.1) is 0 Å². The van der Waals surface area contributed by atoms with Gasteiger partial charge in [0.1, 0.15) is 12.0 Å². The van der Waals surface area contributed by atoms with Crippen molar-refractivity contribution < 1.29 is 0 Å². The fourth-order valence-electron chi connectivity index (χ4n) is 6.43. The predicted octanol–water partition coefficient (Wildman–Crippen LogP) is 9.15. The molecule has 0 saturated heterocycles. The number of fused-ring (bicyclic) bond motifs is 3. The van der Waals surface area contributed by atoms with Crippen LogP contribution in [0.5, 0.6) is 0 Å². The molecule has 1 heterocycles. The lowest BCUT2D eigenvalue weighted by atomic mass is 9.90. The zero-order valence-corrected chi connectivity index (χ0v) is 24.1. The van der Waals surface area contributed by atoms with Crippen LogP contribution in [0.25, 0.3) is 38.7 Å². The Morgan fingerprint density at radius 3 is 1.88 bits per heavy atom. The van der Waals surface area contributed by atoms with Gasteiger partial charge in [-0.1, -0.05) is 127 Å². The van der Waals surface area contributed by atoms with Crippen LogP contribution in [-0.2, 0) is 6.42 Å². The third-order valence-electron chi connectivity index (χ3n) is 8.80. The average Bonchev–Trinajstić information content (AvgIpc) is 3.08. The molecule has 0 saturated carbocycles. The van der Waals surface area contributed by atoms with Crippen LogP contribution < -0.4 is 0 Å². The molecule has 0 amide bonds. The Morgan fingerprint density at radius 2 is 1.14 bits per heavy atom. The summed E-state index contributed by atoms with van der Waals surface area (Å²) in [4.78, 5) is 12.7. The van der Waals surface area contributed by atoms with Gasteiger partial charge in [0.15, 0.2) is 5.84 Å². The fraction of sp³-hybridized carbons (Fsp3) is 0.100. The van der Waals surface area contributed by atoms with E-state index in [9.17, 15) is 0 Å². The standard InChI is InChI=1S/C40H31N3/c1-43-39(31-19-14-30(15-20-31)35-21-16-27-8-2-5-11-32(27)24-35)41-38(36-22-17-28-9-3-6-12-33(28)25-36)42-40(43)37-23-18-29-10-4-7-13-34(29)26-37/h2-17,19-22,24-26,40H,18,23H2,1H3/t40-/m1/s1. The fourth-order valence-corrected chi connectivity index (χ4v) is 6.43. The molecule has 0 fully saturated rings. The van der Waals surface area contributed by atoms with E-state index in [1.807, 2.05) is 0 Å². The molecule has 43 heavy (non-hydrogen) atoms. The van der Waals surface area contributed by atoms with Gasteiger partial charge in [-0.15, -0.1) is 0 Å². The van der Waals surface area contributed by atoms with Crippen molar-refractivity contribution in [2.24, 2.45) is 9.98 Å². The van der Waals surface area contributed by atoms with Crippen LogP contribution in [0.2, 0.25) is 0 Å². The lowest BCUT2D eigenvalue weighted by molar-refractivity contribution is 0.408. The van der Waals surface area contributed by atoms with Crippen LogP contribution in [0.1, 0.15) is 28.7 Å². The van der Waals surface area contributed by atoms with Crippen LogP contribution in [0, 0.1) is 0 Å². The van der Waals surface area contributed by atoms with Gasteiger partial charge in [0.25, 0.3) is 0 Å². The molecule has 8 rings (SSSR count). The van der Waals surface area contributed by atoms with Crippen LogP contribution in [0.15, 0.2) is 149 Å². The third kappa shape index (κ3) is 4.73. The molecule has 6 aromatic carbocycles. The molecule has 0 N–H and O–H groups in total. The maximum atomic E-state index is 5.29. The van der Waals surface area contributed by atoms with Crippen molar-refractivity contribution in [1.29, 1.82) is 0 Å². The van der Waals surface area contributed by atoms with Crippen molar-refractivity contribution >= 4 is 39.3 Å². The molecular weight excluding hydrogens is 522 g/mol. The summed E-state index contributed by atoms with van der Waals surface area (Å²) >= 11 is 0. The van der Waals surface area contributed by atoms with E-state index in [0.29, 0.717) is 0 Å². The monoisotopic (exact) mass is 553 g/mol. The van der Waals surface area contributed by atoms with Crippen molar-refractivity contribution in [3.63, 3.8) is 0 Å². The first kappa shape index (κ1) is 25.4. The van der Waals surface area contributed by atoms with Crippen molar-refractivity contribution in [1.82, 2.24) is 4.90 Å². The Balaban J connectivity index is 1.20. The maximum Gasteiger partial charge on any atom is 0.159 e. The Kier molecular flexibility index (Phi) is 6.22. The van der Waals surface area contributed by atoms with E-state index in [-0.39, 0.29) is 6.17 Å². The summed E-state index contributed by atoms with van der Waals surface area (Å²) < 4.78 is 0. The van der Waals surface area contributed by atoms with Crippen molar-refractivity contribution in [3.8, 4) is 11.1 Å². The van der Waals surface area contributed by atoms with Gasteiger partial charge in [-0.3, -0.25) is 0 Å². The van der Waals surface area contributed by atoms with E-state index in [1.54, 1.807) is 0 Å². The van der Waals surface area contributed by atoms with Gasteiger partial charge in [0, 0.05) is 18.2 Å². The van der Waals surface area contributed by atoms with Gasteiger partial charge in [-0.2, -0.15) is 0 Å². The van der Waals surface area contributed by atoms with Gasteiger partial charge >= 0.3 is 0 Å². The minimum atomic E-state index is -0.123. The SMILES string of the molecule is CN1C(c2ccc(-c3ccc4ccccc4c3)cc2)=NC(c2ccc3ccccc3c2)=N[C@H]1C1=Cc2ccccc2CC1. The molecule has 1 aliphatic carbocycles. The van der Waals surface area contributed by atoms with E-state index in [2.05, 4.69) is 151 Å². The molecule has 0 spiro atoms. The summed E-state index contributed by atoms with van der Waals surface area (Å²) in [6.07, 6.45) is 4.23. The first-order chi connectivity index (χ1) is 21.2. The number of aliphatic imine (C=N–C) groups is 2. The molecule has 206 valence electrons. The summed E-state index contributed by atoms with van der Waals surface area (Å²) in [6.45, 7) is 0. The zero-order chi connectivity index (χ0) is 28.8. The highest BCUT2D eigenvalue weighted by Gasteiger charge is 2.29.